The van der Waals surface area contributed by atoms with Gasteiger partial charge < -0.3 is 10.1 Å². The summed E-state index contributed by atoms with van der Waals surface area (Å²) in [6.45, 7) is 1.65. The number of carbonyl (C=O) groups is 2. The van der Waals surface area contributed by atoms with Crippen LogP contribution in [0.2, 0.25) is 0 Å². The minimum absolute atomic E-state index is 0.0837. The molecule has 4 nitrogen and oxygen atoms in total. The van der Waals surface area contributed by atoms with Gasteiger partial charge in [0.25, 0.3) is 0 Å². The maximum absolute atomic E-state index is 12.1. The van der Waals surface area contributed by atoms with Gasteiger partial charge in [0, 0.05) is 0 Å². The standard InChI is InChI=1S/C11H10F3NO3/c1-2-18-9(16)7-5-3-4-6-8(7)15-10(17)11(12,13)14/h3-6H,2H2,1H3,(H,15,17). The van der Waals surface area contributed by atoms with Gasteiger partial charge in [-0.25, -0.2) is 4.79 Å². The molecule has 0 atom stereocenters. The van der Waals surface area contributed by atoms with Gasteiger partial charge in [-0.15, -0.1) is 0 Å². The number of amides is 1. The molecule has 0 heterocycles. The van der Waals surface area contributed by atoms with Gasteiger partial charge in [-0.2, -0.15) is 13.2 Å². The summed E-state index contributed by atoms with van der Waals surface area (Å²) in [5, 5.41) is 1.63. The summed E-state index contributed by atoms with van der Waals surface area (Å²) >= 11 is 0. The summed E-state index contributed by atoms with van der Waals surface area (Å²) < 4.78 is 40.9. The maximum atomic E-state index is 12.1. The Balaban J connectivity index is 2.96. The van der Waals surface area contributed by atoms with E-state index in [-0.39, 0.29) is 17.9 Å². The molecule has 0 aromatic heterocycles. The zero-order chi connectivity index (χ0) is 13.8. The largest absolute Gasteiger partial charge is 0.471 e. The van der Waals surface area contributed by atoms with E-state index in [9.17, 15) is 22.8 Å². The number of esters is 1. The smallest absolute Gasteiger partial charge is 0.462 e. The Bertz CT molecular complexity index is 457. The van der Waals surface area contributed by atoms with E-state index < -0.39 is 18.1 Å². The van der Waals surface area contributed by atoms with Crippen molar-refractivity contribution < 1.29 is 27.5 Å². The van der Waals surface area contributed by atoms with Crippen LogP contribution >= 0.6 is 0 Å². The molecule has 1 aromatic carbocycles. The second-order valence-electron chi connectivity index (χ2n) is 3.22. The number of hydrogen-bond acceptors (Lipinski definition) is 3. The lowest BCUT2D eigenvalue weighted by Crippen LogP contribution is -2.30. The molecule has 0 saturated heterocycles. The van der Waals surface area contributed by atoms with Crippen molar-refractivity contribution in [3.05, 3.63) is 29.8 Å². The van der Waals surface area contributed by atoms with E-state index in [1.165, 1.54) is 24.3 Å². The van der Waals surface area contributed by atoms with Crippen molar-refractivity contribution in [2.24, 2.45) is 0 Å². The highest BCUT2D eigenvalue weighted by Crippen LogP contribution is 2.21. The Hall–Kier alpha value is -2.05. The first-order chi connectivity index (χ1) is 8.36. The van der Waals surface area contributed by atoms with Crippen molar-refractivity contribution in [2.45, 2.75) is 13.1 Å². The minimum atomic E-state index is -5.01. The Morgan fingerprint density at radius 1 is 1.28 bits per heavy atom. The average Bonchev–Trinajstić information content (AvgIpc) is 2.28. The lowest BCUT2D eigenvalue weighted by atomic mass is 10.2. The molecule has 1 amide bonds. The van der Waals surface area contributed by atoms with Gasteiger partial charge in [-0.3, -0.25) is 4.79 Å². The van der Waals surface area contributed by atoms with Gasteiger partial charge in [-0.05, 0) is 19.1 Å². The lowest BCUT2D eigenvalue weighted by molar-refractivity contribution is -0.167. The van der Waals surface area contributed by atoms with Crippen LogP contribution in [0, 0.1) is 0 Å². The summed E-state index contributed by atoms with van der Waals surface area (Å²) in [4.78, 5) is 22.2. The molecule has 0 radical (unpaired) electrons. The number of benzene rings is 1. The molecule has 0 spiro atoms. The topological polar surface area (TPSA) is 55.4 Å². The fourth-order valence-electron chi connectivity index (χ4n) is 1.17. The first-order valence-corrected chi connectivity index (χ1v) is 5.00. The minimum Gasteiger partial charge on any atom is -0.462 e. The third-order valence-corrected chi connectivity index (χ3v) is 1.93. The summed E-state index contributed by atoms with van der Waals surface area (Å²) in [7, 11) is 0. The van der Waals surface area contributed by atoms with Gasteiger partial charge in [-0.1, -0.05) is 12.1 Å². The van der Waals surface area contributed by atoms with E-state index in [1.54, 1.807) is 12.2 Å². The van der Waals surface area contributed by atoms with E-state index in [0.29, 0.717) is 0 Å². The highest BCUT2D eigenvalue weighted by atomic mass is 19.4. The van der Waals surface area contributed by atoms with Crippen LogP contribution in [0.4, 0.5) is 18.9 Å². The zero-order valence-electron chi connectivity index (χ0n) is 9.38. The SMILES string of the molecule is CCOC(=O)c1ccccc1NC(=O)C(F)(F)F. The molecule has 1 rings (SSSR count). The monoisotopic (exact) mass is 261 g/mol. The van der Waals surface area contributed by atoms with E-state index in [1.807, 2.05) is 0 Å². The molecule has 1 aromatic rings. The maximum Gasteiger partial charge on any atom is 0.471 e. The van der Waals surface area contributed by atoms with Crippen molar-refractivity contribution >= 4 is 17.6 Å². The third-order valence-electron chi connectivity index (χ3n) is 1.93. The number of carbonyl (C=O) groups excluding carboxylic acids is 2. The summed E-state index contributed by atoms with van der Waals surface area (Å²) in [6, 6.07) is 5.31. The molecule has 0 fully saturated rings. The molecule has 0 aliphatic rings. The Kier molecular flexibility index (Phi) is 4.30. The molecule has 1 N–H and O–H groups in total. The number of para-hydroxylation sites is 1. The Morgan fingerprint density at radius 2 is 1.89 bits per heavy atom. The van der Waals surface area contributed by atoms with Crippen molar-refractivity contribution in [3.63, 3.8) is 0 Å². The number of ether oxygens (including phenoxy) is 1. The van der Waals surface area contributed by atoms with Crippen LogP contribution in [0.5, 0.6) is 0 Å². The number of nitrogens with one attached hydrogen (secondary N) is 1. The average molecular weight is 261 g/mol. The molecule has 0 aliphatic heterocycles. The van der Waals surface area contributed by atoms with Crippen LogP contribution in [0.25, 0.3) is 0 Å². The predicted octanol–water partition coefficient (Wildman–Crippen LogP) is 2.36. The molecular formula is C11H10F3NO3. The molecule has 7 heteroatoms. The molecule has 0 bridgehead atoms. The number of halogens is 3. The summed E-state index contributed by atoms with van der Waals surface area (Å²) in [5.41, 5.74) is -0.366. The normalized spacial score (nSPS) is 10.9. The molecule has 98 valence electrons. The number of alkyl halides is 3. The van der Waals surface area contributed by atoms with Gasteiger partial charge in [0.2, 0.25) is 0 Å². The second-order valence-corrected chi connectivity index (χ2v) is 3.22. The molecular weight excluding hydrogens is 251 g/mol. The van der Waals surface area contributed by atoms with Crippen LogP contribution < -0.4 is 5.32 Å². The zero-order valence-corrected chi connectivity index (χ0v) is 9.38. The van der Waals surface area contributed by atoms with Gasteiger partial charge in [0.15, 0.2) is 0 Å². The van der Waals surface area contributed by atoms with E-state index in [2.05, 4.69) is 4.74 Å². The van der Waals surface area contributed by atoms with Crippen LogP contribution in [0.15, 0.2) is 24.3 Å². The van der Waals surface area contributed by atoms with Crippen molar-refractivity contribution in [1.29, 1.82) is 0 Å². The summed E-state index contributed by atoms with van der Waals surface area (Å²) in [5.74, 6) is -2.94. The second kappa shape index (κ2) is 5.52. The molecule has 0 unspecified atom stereocenters. The van der Waals surface area contributed by atoms with Crippen LogP contribution in [0.1, 0.15) is 17.3 Å². The van der Waals surface area contributed by atoms with E-state index in [0.717, 1.165) is 0 Å². The molecule has 0 saturated carbocycles. The highest BCUT2D eigenvalue weighted by molar-refractivity contribution is 6.02. The predicted molar refractivity (Wildman–Crippen MR) is 57.1 cm³/mol. The fourth-order valence-corrected chi connectivity index (χ4v) is 1.17. The molecule has 0 aliphatic carbocycles. The highest BCUT2D eigenvalue weighted by Gasteiger charge is 2.39. The van der Waals surface area contributed by atoms with Crippen molar-refractivity contribution in [1.82, 2.24) is 0 Å². The number of anilines is 1. The van der Waals surface area contributed by atoms with Crippen LogP contribution in [0.3, 0.4) is 0 Å². The van der Waals surface area contributed by atoms with Gasteiger partial charge in [0.1, 0.15) is 0 Å². The van der Waals surface area contributed by atoms with E-state index >= 15 is 0 Å². The fraction of sp³-hybridized carbons (Fsp3) is 0.273. The number of rotatable bonds is 3. The van der Waals surface area contributed by atoms with Gasteiger partial charge in [0.05, 0.1) is 17.9 Å². The summed E-state index contributed by atoms with van der Waals surface area (Å²) in [6.07, 6.45) is -5.01. The van der Waals surface area contributed by atoms with Crippen molar-refractivity contribution in [3.8, 4) is 0 Å². The van der Waals surface area contributed by atoms with Crippen molar-refractivity contribution in [2.75, 3.05) is 11.9 Å². The Labute approximate surface area is 101 Å². The van der Waals surface area contributed by atoms with Crippen LogP contribution in [-0.4, -0.2) is 24.7 Å². The third kappa shape index (κ3) is 3.47. The first-order valence-electron chi connectivity index (χ1n) is 5.00. The quantitative estimate of drug-likeness (QED) is 0.850. The first kappa shape index (κ1) is 14.0. The Morgan fingerprint density at radius 3 is 2.44 bits per heavy atom. The van der Waals surface area contributed by atoms with Gasteiger partial charge >= 0.3 is 18.1 Å². The lowest BCUT2D eigenvalue weighted by Gasteiger charge is -2.11. The number of hydrogen-bond donors (Lipinski definition) is 1. The van der Waals surface area contributed by atoms with Crippen LogP contribution in [-0.2, 0) is 9.53 Å². The molecule has 18 heavy (non-hydrogen) atoms. The van der Waals surface area contributed by atoms with E-state index in [4.69, 9.17) is 0 Å².